The molecule has 2 fully saturated rings. The lowest BCUT2D eigenvalue weighted by atomic mass is 9.96. The van der Waals surface area contributed by atoms with E-state index in [0.29, 0.717) is 48.6 Å². The van der Waals surface area contributed by atoms with Gasteiger partial charge in [0.15, 0.2) is 0 Å². The maximum Gasteiger partial charge on any atom is 0.246 e. The summed E-state index contributed by atoms with van der Waals surface area (Å²) in [7, 11) is 0. The Morgan fingerprint density at radius 2 is 1.91 bits per heavy atom. The van der Waals surface area contributed by atoms with E-state index in [1.54, 1.807) is 29.2 Å². The number of carbonyl (C=O) groups excluding carboxylic acids is 2. The van der Waals surface area contributed by atoms with Crippen molar-refractivity contribution in [2.24, 2.45) is 5.92 Å². The third-order valence-corrected chi connectivity index (χ3v) is 7.16. The van der Waals surface area contributed by atoms with Crippen molar-refractivity contribution < 1.29 is 14.7 Å². The molecule has 1 aromatic rings. The number of rotatable bonds is 7. The van der Waals surface area contributed by atoms with E-state index >= 15 is 0 Å². The van der Waals surface area contributed by atoms with E-state index in [4.69, 9.17) is 23.2 Å². The average Bonchev–Trinajstić information content (AvgIpc) is 2.96. The van der Waals surface area contributed by atoms with Crippen LogP contribution in [0.5, 0.6) is 0 Å². The first-order valence-electron chi connectivity index (χ1n) is 11.4. The van der Waals surface area contributed by atoms with Crippen molar-refractivity contribution in [2.75, 3.05) is 45.8 Å². The SMILES string of the molecule is C[C@@H]1CCN(CCCCN2CCN(C(=O)/C=C/c3ccc(Cl)c(Cl)c3)CCC2=O)C[C@H]1O. The molecule has 0 radical (unpaired) electrons. The van der Waals surface area contributed by atoms with E-state index in [1.165, 1.54) is 6.08 Å². The first kappa shape index (κ1) is 25.0. The largest absolute Gasteiger partial charge is 0.392 e. The molecule has 8 heteroatoms. The minimum absolute atomic E-state index is 0.107. The molecule has 6 nitrogen and oxygen atoms in total. The van der Waals surface area contributed by atoms with Gasteiger partial charge in [0.1, 0.15) is 0 Å². The normalized spacial score (nSPS) is 23.1. The number of hydrogen-bond acceptors (Lipinski definition) is 4. The molecule has 0 aromatic heterocycles. The summed E-state index contributed by atoms with van der Waals surface area (Å²) in [4.78, 5) is 31.0. The maximum atomic E-state index is 12.6. The van der Waals surface area contributed by atoms with Crippen molar-refractivity contribution in [1.29, 1.82) is 0 Å². The van der Waals surface area contributed by atoms with Crippen LogP contribution >= 0.6 is 23.2 Å². The number of hydrogen-bond donors (Lipinski definition) is 1. The predicted octanol–water partition coefficient (Wildman–Crippen LogP) is 3.55. The van der Waals surface area contributed by atoms with E-state index < -0.39 is 0 Å². The van der Waals surface area contributed by atoms with Crippen molar-refractivity contribution in [1.82, 2.24) is 14.7 Å². The van der Waals surface area contributed by atoms with Gasteiger partial charge >= 0.3 is 0 Å². The van der Waals surface area contributed by atoms with E-state index in [9.17, 15) is 14.7 Å². The van der Waals surface area contributed by atoms with Crippen molar-refractivity contribution in [3.8, 4) is 0 Å². The van der Waals surface area contributed by atoms with Crippen LogP contribution < -0.4 is 0 Å². The number of β-amino-alcohol motifs (C(OH)–C–C–N with tert-alkyl or cyclic N) is 1. The number of likely N-dealkylation sites (tertiary alicyclic amines) is 1. The van der Waals surface area contributed by atoms with Crippen molar-refractivity contribution in [3.63, 3.8) is 0 Å². The number of benzene rings is 1. The molecule has 2 aliphatic heterocycles. The van der Waals surface area contributed by atoms with Crippen LogP contribution in [0.3, 0.4) is 0 Å². The third kappa shape index (κ3) is 7.20. The molecule has 1 aromatic carbocycles. The highest BCUT2D eigenvalue weighted by Crippen LogP contribution is 2.23. The zero-order valence-corrected chi connectivity index (χ0v) is 20.2. The second-order valence-electron chi connectivity index (χ2n) is 8.80. The summed E-state index contributed by atoms with van der Waals surface area (Å²) in [6.45, 7) is 7.08. The monoisotopic (exact) mass is 481 g/mol. The van der Waals surface area contributed by atoms with Gasteiger partial charge in [-0.1, -0.05) is 36.2 Å². The molecule has 2 aliphatic rings. The fourth-order valence-electron chi connectivity index (χ4n) is 4.17. The number of piperidine rings is 1. The molecule has 32 heavy (non-hydrogen) atoms. The number of halogens is 2. The summed E-state index contributed by atoms with van der Waals surface area (Å²) < 4.78 is 0. The summed E-state index contributed by atoms with van der Waals surface area (Å²) in [5, 5.41) is 11.0. The van der Waals surface area contributed by atoms with Gasteiger partial charge in [-0.2, -0.15) is 0 Å². The van der Waals surface area contributed by atoms with Gasteiger partial charge in [-0.15, -0.1) is 0 Å². The van der Waals surface area contributed by atoms with E-state index in [0.717, 1.165) is 44.5 Å². The Kier molecular flexibility index (Phi) is 9.41. The molecule has 2 heterocycles. The highest BCUT2D eigenvalue weighted by molar-refractivity contribution is 6.42. The second-order valence-corrected chi connectivity index (χ2v) is 9.62. The summed E-state index contributed by atoms with van der Waals surface area (Å²) in [5.41, 5.74) is 0.802. The van der Waals surface area contributed by atoms with Crippen molar-refractivity contribution >= 4 is 41.1 Å². The standard InChI is InChI=1S/C24H33Cl2N3O3/c1-18-8-12-27(17-22(18)30)10-2-3-11-28-14-15-29(13-9-24(28)32)23(31)7-5-19-4-6-20(25)21(26)16-19/h4-7,16,18,22,30H,2-3,8-15,17H2,1H3/b7-5+/t18-,22-/m1/s1. The van der Waals surface area contributed by atoms with E-state index in [2.05, 4.69) is 11.8 Å². The quantitative estimate of drug-likeness (QED) is 0.477. The van der Waals surface area contributed by atoms with Crippen LogP contribution in [0.25, 0.3) is 6.08 Å². The van der Waals surface area contributed by atoms with Crippen LogP contribution in [-0.2, 0) is 9.59 Å². The molecule has 2 saturated heterocycles. The molecule has 0 aliphatic carbocycles. The van der Waals surface area contributed by atoms with Crippen LogP contribution in [-0.4, -0.2) is 83.5 Å². The maximum absolute atomic E-state index is 12.6. The Hall–Kier alpha value is -1.60. The van der Waals surface area contributed by atoms with E-state index in [-0.39, 0.29) is 17.9 Å². The molecule has 1 N–H and O–H groups in total. The number of nitrogens with zero attached hydrogens (tertiary/aromatic N) is 3. The fraction of sp³-hybridized carbons (Fsp3) is 0.583. The minimum atomic E-state index is -0.231. The van der Waals surface area contributed by atoms with Gasteiger partial charge < -0.3 is 19.8 Å². The molecular formula is C24H33Cl2N3O3. The number of aliphatic hydroxyl groups is 1. The van der Waals surface area contributed by atoms with Gasteiger partial charge in [0.25, 0.3) is 0 Å². The number of unbranched alkanes of at least 4 members (excludes halogenated alkanes) is 1. The molecular weight excluding hydrogens is 449 g/mol. The zero-order chi connectivity index (χ0) is 23.1. The first-order valence-corrected chi connectivity index (χ1v) is 12.2. The Bertz CT molecular complexity index is 833. The highest BCUT2D eigenvalue weighted by atomic mass is 35.5. The van der Waals surface area contributed by atoms with Crippen LogP contribution in [0.15, 0.2) is 24.3 Å². The second kappa shape index (κ2) is 12.0. The molecule has 2 amide bonds. The van der Waals surface area contributed by atoms with Crippen LogP contribution in [0.4, 0.5) is 0 Å². The molecule has 0 unspecified atom stereocenters. The van der Waals surface area contributed by atoms with Crippen LogP contribution in [0, 0.1) is 5.92 Å². The molecule has 0 saturated carbocycles. The van der Waals surface area contributed by atoms with Gasteiger partial charge in [0.05, 0.1) is 16.1 Å². The van der Waals surface area contributed by atoms with Gasteiger partial charge in [0, 0.05) is 45.2 Å². The lowest BCUT2D eigenvalue weighted by Crippen LogP contribution is -2.43. The zero-order valence-electron chi connectivity index (χ0n) is 18.7. The number of carbonyl (C=O) groups is 2. The minimum Gasteiger partial charge on any atom is -0.392 e. The lowest BCUT2D eigenvalue weighted by Gasteiger charge is -2.34. The lowest BCUT2D eigenvalue weighted by molar-refractivity contribution is -0.130. The fourth-order valence-corrected chi connectivity index (χ4v) is 4.47. The molecule has 0 bridgehead atoms. The summed E-state index contributed by atoms with van der Waals surface area (Å²) in [6, 6.07) is 5.22. The average molecular weight is 482 g/mol. The van der Waals surface area contributed by atoms with Gasteiger partial charge in [-0.25, -0.2) is 0 Å². The molecule has 176 valence electrons. The molecule has 0 spiro atoms. The highest BCUT2D eigenvalue weighted by Gasteiger charge is 2.25. The van der Waals surface area contributed by atoms with E-state index in [1.807, 2.05) is 4.90 Å². The summed E-state index contributed by atoms with van der Waals surface area (Å²) in [6.07, 6.45) is 6.32. The van der Waals surface area contributed by atoms with Crippen LogP contribution in [0.2, 0.25) is 10.0 Å². The first-order chi connectivity index (χ1) is 15.3. The predicted molar refractivity (Wildman–Crippen MR) is 129 cm³/mol. The van der Waals surface area contributed by atoms with Crippen molar-refractivity contribution in [3.05, 3.63) is 39.9 Å². The molecule has 3 rings (SSSR count). The summed E-state index contributed by atoms with van der Waals surface area (Å²) in [5.74, 6) is 0.380. The van der Waals surface area contributed by atoms with Gasteiger partial charge in [-0.3, -0.25) is 9.59 Å². The Labute approximate surface area is 200 Å². The Balaban J connectivity index is 1.41. The smallest absolute Gasteiger partial charge is 0.246 e. The molecule has 2 atom stereocenters. The Morgan fingerprint density at radius 3 is 2.66 bits per heavy atom. The van der Waals surface area contributed by atoms with Crippen LogP contribution in [0.1, 0.15) is 38.2 Å². The Morgan fingerprint density at radius 1 is 1.12 bits per heavy atom. The third-order valence-electron chi connectivity index (χ3n) is 6.42. The number of amides is 2. The van der Waals surface area contributed by atoms with Crippen molar-refractivity contribution in [2.45, 2.75) is 38.7 Å². The number of aliphatic hydroxyl groups excluding tert-OH is 1. The van der Waals surface area contributed by atoms with Gasteiger partial charge in [0.2, 0.25) is 11.8 Å². The van der Waals surface area contributed by atoms with Gasteiger partial charge in [-0.05, 0) is 62.0 Å². The topological polar surface area (TPSA) is 64.1 Å². The summed E-state index contributed by atoms with van der Waals surface area (Å²) >= 11 is 11.9.